The van der Waals surface area contributed by atoms with Crippen molar-refractivity contribution in [1.82, 2.24) is 0 Å². The third-order valence-corrected chi connectivity index (χ3v) is 2.48. The van der Waals surface area contributed by atoms with Gasteiger partial charge >= 0.3 is 0 Å². The number of hydrogen-bond donors (Lipinski definition) is 1. The van der Waals surface area contributed by atoms with Crippen LogP contribution in [-0.2, 0) is 0 Å². The lowest BCUT2D eigenvalue weighted by molar-refractivity contribution is 0.605. The quantitative estimate of drug-likeness (QED) is 0.830. The first kappa shape index (κ1) is 12.9. The van der Waals surface area contributed by atoms with Crippen molar-refractivity contribution in [3.8, 4) is 0 Å². The van der Waals surface area contributed by atoms with Crippen molar-refractivity contribution in [2.45, 2.75) is 19.9 Å². The standard InChI is InChI=1S/C9H11BrFN.ClH/c1-5-7(6(2)12)3-4-8(10)9(5)11;/h3-4,6H,12H2,1-2H3;1H/t6-;/m1./s1. The van der Waals surface area contributed by atoms with Gasteiger partial charge in [0, 0.05) is 6.04 Å². The average molecular weight is 269 g/mol. The van der Waals surface area contributed by atoms with Gasteiger partial charge in [-0.2, -0.15) is 0 Å². The van der Waals surface area contributed by atoms with E-state index in [4.69, 9.17) is 5.73 Å². The fraction of sp³-hybridized carbons (Fsp3) is 0.333. The Balaban J connectivity index is 0.00000144. The van der Waals surface area contributed by atoms with E-state index in [0.29, 0.717) is 10.0 Å². The molecule has 74 valence electrons. The summed E-state index contributed by atoms with van der Waals surface area (Å²) < 4.78 is 13.7. The van der Waals surface area contributed by atoms with Gasteiger partial charge in [0.15, 0.2) is 0 Å². The Morgan fingerprint density at radius 2 is 2.00 bits per heavy atom. The minimum absolute atomic E-state index is 0. The molecule has 0 aliphatic carbocycles. The highest BCUT2D eigenvalue weighted by Gasteiger charge is 2.09. The van der Waals surface area contributed by atoms with E-state index in [-0.39, 0.29) is 24.3 Å². The van der Waals surface area contributed by atoms with Crippen molar-refractivity contribution in [1.29, 1.82) is 0 Å². The molecular formula is C9H12BrClFN. The maximum Gasteiger partial charge on any atom is 0.140 e. The van der Waals surface area contributed by atoms with Crippen molar-refractivity contribution in [3.05, 3.63) is 33.5 Å². The van der Waals surface area contributed by atoms with E-state index in [2.05, 4.69) is 15.9 Å². The van der Waals surface area contributed by atoms with E-state index in [1.54, 1.807) is 13.0 Å². The van der Waals surface area contributed by atoms with Gasteiger partial charge in [0.2, 0.25) is 0 Å². The van der Waals surface area contributed by atoms with E-state index >= 15 is 0 Å². The van der Waals surface area contributed by atoms with Crippen molar-refractivity contribution in [2.24, 2.45) is 5.73 Å². The molecule has 1 aromatic rings. The van der Waals surface area contributed by atoms with E-state index < -0.39 is 0 Å². The first-order valence-electron chi connectivity index (χ1n) is 3.74. The topological polar surface area (TPSA) is 26.0 Å². The summed E-state index contributed by atoms with van der Waals surface area (Å²) in [7, 11) is 0. The van der Waals surface area contributed by atoms with Gasteiger partial charge < -0.3 is 5.73 Å². The molecule has 0 unspecified atom stereocenters. The highest BCUT2D eigenvalue weighted by molar-refractivity contribution is 9.10. The number of nitrogens with two attached hydrogens (primary N) is 1. The zero-order chi connectivity index (χ0) is 9.30. The Bertz CT molecular complexity index is 302. The van der Waals surface area contributed by atoms with Crippen LogP contribution in [0.2, 0.25) is 0 Å². The fourth-order valence-electron chi connectivity index (χ4n) is 1.16. The Kier molecular flexibility index (Phi) is 4.89. The van der Waals surface area contributed by atoms with Crippen molar-refractivity contribution in [3.63, 3.8) is 0 Å². The maximum atomic E-state index is 13.2. The van der Waals surface area contributed by atoms with Crippen LogP contribution in [0.1, 0.15) is 24.1 Å². The SMILES string of the molecule is Cc1c([C@@H](C)N)ccc(Br)c1F.Cl. The first-order valence-corrected chi connectivity index (χ1v) is 4.53. The predicted molar refractivity (Wildman–Crippen MR) is 58.7 cm³/mol. The van der Waals surface area contributed by atoms with Gasteiger partial charge in [0.25, 0.3) is 0 Å². The number of benzene rings is 1. The minimum atomic E-state index is -0.218. The number of hydrogen-bond acceptors (Lipinski definition) is 1. The molecule has 1 nitrogen and oxygen atoms in total. The van der Waals surface area contributed by atoms with Crippen LogP contribution in [0.5, 0.6) is 0 Å². The Morgan fingerprint density at radius 1 is 1.46 bits per heavy atom. The summed E-state index contributed by atoms with van der Waals surface area (Å²) in [5, 5.41) is 0. The Labute approximate surface area is 92.1 Å². The highest BCUT2D eigenvalue weighted by atomic mass is 79.9. The number of halogens is 3. The second kappa shape index (κ2) is 4.94. The summed E-state index contributed by atoms with van der Waals surface area (Å²) in [4.78, 5) is 0. The predicted octanol–water partition coefficient (Wildman–Crippen LogP) is 3.34. The van der Waals surface area contributed by atoms with Crippen LogP contribution in [0, 0.1) is 12.7 Å². The lowest BCUT2D eigenvalue weighted by atomic mass is 10.0. The maximum absolute atomic E-state index is 13.2. The van der Waals surface area contributed by atoms with Crippen LogP contribution < -0.4 is 5.73 Å². The van der Waals surface area contributed by atoms with Gasteiger partial charge in [0.05, 0.1) is 4.47 Å². The van der Waals surface area contributed by atoms with Crippen LogP contribution >= 0.6 is 28.3 Å². The molecule has 1 atom stereocenters. The largest absolute Gasteiger partial charge is 0.324 e. The summed E-state index contributed by atoms with van der Waals surface area (Å²) in [6.07, 6.45) is 0. The van der Waals surface area contributed by atoms with Crippen LogP contribution in [-0.4, -0.2) is 0 Å². The molecule has 0 spiro atoms. The molecule has 4 heteroatoms. The van der Waals surface area contributed by atoms with Gasteiger partial charge in [-0.15, -0.1) is 12.4 Å². The molecule has 0 heterocycles. The van der Waals surface area contributed by atoms with Gasteiger partial charge in [-0.25, -0.2) is 4.39 Å². The monoisotopic (exact) mass is 267 g/mol. The van der Waals surface area contributed by atoms with Crippen molar-refractivity contribution < 1.29 is 4.39 Å². The van der Waals surface area contributed by atoms with Gasteiger partial charge in [-0.1, -0.05) is 6.07 Å². The summed E-state index contributed by atoms with van der Waals surface area (Å²) in [6.45, 7) is 3.58. The lowest BCUT2D eigenvalue weighted by Crippen LogP contribution is -2.08. The molecule has 0 saturated heterocycles. The molecule has 0 aliphatic heterocycles. The molecule has 0 fully saturated rings. The van der Waals surface area contributed by atoms with Gasteiger partial charge in [0.1, 0.15) is 5.82 Å². The molecule has 0 aliphatic rings. The molecule has 2 N–H and O–H groups in total. The van der Waals surface area contributed by atoms with Crippen LogP contribution in [0.3, 0.4) is 0 Å². The molecule has 0 aromatic heterocycles. The zero-order valence-corrected chi connectivity index (χ0v) is 9.88. The van der Waals surface area contributed by atoms with E-state index in [0.717, 1.165) is 5.56 Å². The summed E-state index contributed by atoms with van der Waals surface area (Å²) in [6, 6.07) is 3.40. The fourth-order valence-corrected chi connectivity index (χ4v) is 1.59. The third kappa shape index (κ3) is 2.66. The average Bonchev–Trinajstić information content (AvgIpc) is 2.00. The third-order valence-electron chi connectivity index (χ3n) is 1.87. The van der Waals surface area contributed by atoms with Gasteiger partial charge in [-0.05, 0) is 47.0 Å². The lowest BCUT2D eigenvalue weighted by Gasteiger charge is -2.10. The first-order chi connectivity index (χ1) is 5.54. The molecule has 0 radical (unpaired) electrons. The second-order valence-corrected chi connectivity index (χ2v) is 3.72. The van der Waals surface area contributed by atoms with E-state index in [9.17, 15) is 4.39 Å². The summed E-state index contributed by atoms with van der Waals surface area (Å²) in [5.74, 6) is -0.218. The highest BCUT2D eigenvalue weighted by Crippen LogP contribution is 2.24. The Morgan fingerprint density at radius 3 is 2.46 bits per heavy atom. The van der Waals surface area contributed by atoms with Crippen LogP contribution in [0.4, 0.5) is 4.39 Å². The molecule has 1 aromatic carbocycles. The van der Waals surface area contributed by atoms with Crippen LogP contribution in [0.15, 0.2) is 16.6 Å². The molecule has 0 amide bonds. The molecule has 13 heavy (non-hydrogen) atoms. The van der Waals surface area contributed by atoms with E-state index in [1.165, 1.54) is 0 Å². The zero-order valence-electron chi connectivity index (χ0n) is 7.47. The smallest absolute Gasteiger partial charge is 0.140 e. The van der Waals surface area contributed by atoms with Crippen LogP contribution in [0.25, 0.3) is 0 Å². The van der Waals surface area contributed by atoms with Gasteiger partial charge in [-0.3, -0.25) is 0 Å². The molecular weight excluding hydrogens is 256 g/mol. The molecule has 1 rings (SSSR count). The second-order valence-electron chi connectivity index (χ2n) is 2.86. The molecule has 0 saturated carbocycles. The minimum Gasteiger partial charge on any atom is -0.324 e. The van der Waals surface area contributed by atoms with Crippen molar-refractivity contribution in [2.75, 3.05) is 0 Å². The van der Waals surface area contributed by atoms with E-state index in [1.807, 2.05) is 13.0 Å². The normalized spacial score (nSPS) is 12.1. The number of rotatable bonds is 1. The molecule has 0 bridgehead atoms. The Hall–Kier alpha value is -0.120. The summed E-state index contributed by atoms with van der Waals surface area (Å²) in [5.41, 5.74) is 7.13. The summed E-state index contributed by atoms with van der Waals surface area (Å²) >= 11 is 3.11. The van der Waals surface area contributed by atoms with Crippen molar-refractivity contribution >= 4 is 28.3 Å².